The Kier molecular flexibility index (Phi) is 5.69. The number of ether oxygens (including phenoxy) is 2. The molecule has 0 aliphatic rings. The Labute approximate surface area is 181 Å². The molecule has 4 heterocycles. The third kappa shape index (κ3) is 3.76. The number of anilines is 4. The number of esters is 2. The molecule has 32 heavy (non-hydrogen) atoms. The molecular weight excluding hydrogens is 420 g/mol. The number of imidazole rings is 2. The molecule has 0 unspecified atom stereocenters. The quantitative estimate of drug-likeness (QED) is 0.301. The summed E-state index contributed by atoms with van der Waals surface area (Å²) >= 11 is 0. The lowest BCUT2D eigenvalue weighted by Crippen LogP contribution is -2.11. The molecule has 0 amide bonds. The molecule has 4 aromatic rings. The highest BCUT2D eigenvalue weighted by Crippen LogP contribution is 2.19. The largest absolute Gasteiger partial charge is 0.464 e. The van der Waals surface area contributed by atoms with Gasteiger partial charge in [-0.3, -0.25) is 8.80 Å². The van der Waals surface area contributed by atoms with Gasteiger partial charge in [0.2, 0.25) is 11.9 Å². The molecule has 0 bridgehead atoms. The first-order valence-corrected chi connectivity index (χ1v) is 9.07. The summed E-state index contributed by atoms with van der Waals surface area (Å²) in [6.07, 6.45) is 0. The van der Waals surface area contributed by atoms with Gasteiger partial charge in [0.15, 0.2) is 28.6 Å². The highest BCUT2D eigenvalue weighted by Gasteiger charge is 2.18. The van der Waals surface area contributed by atoms with Crippen LogP contribution >= 0.6 is 0 Å². The average Bonchev–Trinajstić information content (AvgIpc) is 3.21. The molecule has 4 rings (SSSR count). The van der Waals surface area contributed by atoms with Crippen molar-refractivity contribution < 1.29 is 19.1 Å². The van der Waals surface area contributed by atoms with Crippen LogP contribution in [-0.2, 0) is 9.47 Å². The van der Waals surface area contributed by atoms with E-state index in [0.29, 0.717) is 22.7 Å². The fraction of sp³-hybridized carbons (Fsp3) is 0.222. The predicted molar refractivity (Wildman–Crippen MR) is 116 cm³/mol. The summed E-state index contributed by atoms with van der Waals surface area (Å²) < 4.78 is 12.2. The van der Waals surface area contributed by atoms with Gasteiger partial charge in [0.25, 0.3) is 0 Å². The van der Waals surface area contributed by atoms with E-state index in [-0.39, 0.29) is 34.9 Å². The number of nitrogens with zero attached hydrogens (tertiary/aromatic N) is 6. The lowest BCUT2D eigenvalue weighted by atomic mass is 10.3. The van der Waals surface area contributed by atoms with Gasteiger partial charge in [-0.15, -0.1) is 0 Å². The second-order valence-corrected chi connectivity index (χ2v) is 6.58. The Morgan fingerprint density at radius 2 is 1.31 bits per heavy atom. The minimum Gasteiger partial charge on any atom is -0.464 e. The van der Waals surface area contributed by atoms with Crippen molar-refractivity contribution in [2.24, 2.45) is 0 Å². The van der Waals surface area contributed by atoms with Crippen molar-refractivity contribution >= 4 is 46.8 Å². The molecule has 0 aliphatic carbocycles. The van der Waals surface area contributed by atoms with E-state index in [0.717, 1.165) is 0 Å². The van der Waals surface area contributed by atoms with Crippen molar-refractivity contribution in [3.05, 3.63) is 34.9 Å². The van der Waals surface area contributed by atoms with Crippen LogP contribution in [0, 0.1) is 13.8 Å². The van der Waals surface area contributed by atoms with E-state index in [1.54, 1.807) is 30.4 Å². The molecule has 0 saturated carbocycles. The number of hydrogen-bond acceptors (Lipinski definition) is 12. The summed E-state index contributed by atoms with van der Waals surface area (Å²) in [5.74, 6) is -0.309. The van der Waals surface area contributed by atoms with Gasteiger partial charge in [-0.25, -0.2) is 19.6 Å². The zero-order chi connectivity index (χ0) is 23.7. The lowest BCUT2D eigenvalue weighted by molar-refractivity contribution is 0.0584. The zero-order valence-electron chi connectivity index (χ0n) is 17.8. The average molecular weight is 442 g/mol. The van der Waals surface area contributed by atoms with Gasteiger partial charge in [0.05, 0.1) is 14.2 Å². The first-order valence-electron chi connectivity index (χ1n) is 9.07. The van der Waals surface area contributed by atoms with Crippen LogP contribution in [0.5, 0.6) is 0 Å². The molecular formula is C18H22N10O4. The fourth-order valence-corrected chi connectivity index (χ4v) is 3.03. The second kappa shape index (κ2) is 8.25. The molecule has 4 aromatic heterocycles. The highest BCUT2D eigenvalue weighted by atomic mass is 16.5. The molecule has 14 heteroatoms. The maximum atomic E-state index is 11.5. The number of rotatable bonds is 2. The van der Waals surface area contributed by atoms with Gasteiger partial charge in [-0.05, 0) is 26.0 Å². The normalized spacial score (nSPS) is 10.6. The van der Waals surface area contributed by atoms with E-state index in [1.165, 1.54) is 18.6 Å². The van der Waals surface area contributed by atoms with Gasteiger partial charge in [0, 0.05) is 11.4 Å². The van der Waals surface area contributed by atoms with Gasteiger partial charge < -0.3 is 32.4 Å². The first-order chi connectivity index (χ1) is 15.1. The topological polar surface area (TPSA) is 217 Å². The second-order valence-electron chi connectivity index (χ2n) is 6.58. The van der Waals surface area contributed by atoms with Gasteiger partial charge >= 0.3 is 11.9 Å². The minimum atomic E-state index is -0.523. The van der Waals surface area contributed by atoms with Crippen LogP contribution in [0.15, 0.2) is 12.1 Å². The Hall–Kier alpha value is -4.62. The van der Waals surface area contributed by atoms with E-state index in [4.69, 9.17) is 22.9 Å². The van der Waals surface area contributed by atoms with E-state index in [9.17, 15) is 9.59 Å². The van der Waals surface area contributed by atoms with Crippen molar-refractivity contribution in [1.82, 2.24) is 28.7 Å². The van der Waals surface area contributed by atoms with Crippen LogP contribution < -0.4 is 22.9 Å². The lowest BCUT2D eigenvalue weighted by Gasteiger charge is -2.05. The summed E-state index contributed by atoms with van der Waals surface area (Å²) in [7, 11) is 2.58. The molecule has 8 N–H and O–H groups in total. The maximum Gasteiger partial charge on any atom is 0.356 e. The standard InChI is InChI=1S/2C9H11N5O2/c1-4-3-5(8(15)16-2)12-7-6(10)13-9(11)14(4)7;1-4-3-5(8(15)16-2)14-7(12-4)6(10)13-9(14)11/h2*3H,10H2,1-2H3,(H2,11,13). The summed E-state index contributed by atoms with van der Waals surface area (Å²) in [5, 5.41) is 0. The molecule has 0 aliphatic heterocycles. The van der Waals surface area contributed by atoms with Crippen molar-refractivity contribution in [3.63, 3.8) is 0 Å². The van der Waals surface area contributed by atoms with Gasteiger partial charge in [-0.1, -0.05) is 0 Å². The minimum absolute atomic E-state index is 0.111. The van der Waals surface area contributed by atoms with Crippen molar-refractivity contribution in [2.75, 3.05) is 37.2 Å². The Bertz CT molecular complexity index is 1350. The third-order valence-corrected chi connectivity index (χ3v) is 4.39. The van der Waals surface area contributed by atoms with Crippen LogP contribution in [-0.4, -0.2) is 54.9 Å². The smallest absolute Gasteiger partial charge is 0.356 e. The van der Waals surface area contributed by atoms with Gasteiger partial charge in [0.1, 0.15) is 5.69 Å². The number of methoxy groups -OCH3 is 2. The Morgan fingerprint density at radius 1 is 0.781 bits per heavy atom. The SMILES string of the molecule is COC(=O)c1cc(C)n2c(N)nc(N)c2n1.COC(=O)c1cc(C)nc2c(N)nc(N)n12. The first kappa shape index (κ1) is 22.1. The summed E-state index contributed by atoms with van der Waals surface area (Å²) in [6, 6.07) is 3.13. The van der Waals surface area contributed by atoms with Crippen LogP contribution in [0.2, 0.25) is 0 Å². The molecule has 0 atom stereocenters. The third-order valence-electron chi connectivity index (χ3n) is 4.39. The van der Waals surface area contributed by atoms with E-state index < -0.39 is 11.9 Å². The number of carbonyl (C=O) groups is 2. The van der Waals surface area contributed by atoms with E-state index in [2.05, 4.69) is 29.4 Å². The Balaban J connectivity index is 0.000000181. The summed E-state index contributed by atoms with van der Waals surface area (Å²) in [4.78, 5) is 38.8. The molecule has 0 fully saturated rings. The van der Waals surface area contributed by atoms with Crippen LogP contribution in [0.4, 0.5) is 23.5 Å². The number of carbonyl (C=O) groups excluding carboxylic acids is 2. The predicted octanol–water partition coefficient (Wildman–Crippen LogP) is -0.0226. The number of nitrogens with two attached hydrogens (primary N) is 4. The Morgan fingerprint density at radius 3 is 1.88 bits per heavy atom. The molecule has 14 nitrogen and oxygen atoms in total. The summed E-state index contributed by atoms with van der Waals surface area (Å²) in [5.41, 5.74) is 25.1. The molecule has 0 radical (unpaired) electrons. The molecule has 0 spiro atoms. The number of aromatic nitrogens is 6. The number of nitrogen functional groups attached to an aromatic ring is 4. The van der Waals surface area contributed by atoms with E-state index in [1.807, 2.05) is 0 Å². The molecule has 168 valence electrons. The van der Waals surface area contributed by atoms with Crippen LogP contribution in [0.3, 0.4) is 0 Å². The van der Waals surface area contributed by atoms with Crippen molar-refractivity contribution in [3.8, 4) is 0 Å². The monoisotopic (exact) mass is 442 g/mol. The fourth-order valence-electron chi connectivity index (χ4n) is 3.03. The molecule has 0 aromatic carbocycles. The number of aryl methyl sites for hydroxylation is 2. The van der Waals surface area contributed by atoms with E-state index >= 15 is 0 Å². The number of hydrogen-bond donors (Lipinski definition) is 4. The maximum absolute atomic E-state index is 11.5. The van der Waals surface area contributed by atoms with Crippen molar-refractivity contribution in [1.29, 1.82) is 0 Å². The van der Waals surface area contributed by atoms with Crippen LogP contribution in [0.1, 0.15) is 32.4 Å². The van der Waals surface area contributed by atoms with Gasteiger partial charge in [-0.2, -0.15) is 9.97 Å². The van der Waals surface area contributed by atoms with Crippen molar-refractivity contribution in [2.45, 2.75) is 13.8 Å². The zero-order valence-corrected chi connectivity index (χ0v) is 17.8. The summed E-state index contributed by atoms with van der Waals surface area (Å²) in [6.45, 7) is 3.52. The molecule has 0 saturated heterocycles. The number of fused-ring (bicyclic) bond motifs is 2. The highest BCUT2D eigenvalue weighted by molar-refractivity contribution is 5.90. The van der Waals surface area contributed by atoms with Crippen LogP contribution in [0.25, 0.3) is 11.3 Å².